The Labute approximate surface area is 175 Å². The van der Waals surface area contributed by atoms with Crippen LogP contribution in [0.3, 0.4) is 0 Å². The molecule has 0 saturated carbocycles. The summed E-state index contributed by atoms with van der Waals surface area (Å²) in [5.74, 6) is 1.68. The van der Waals surface area contributed by atoms with Crippen LogP contribution < -0.4 is 14.4 Å². The van der Waals surface area contributed by atoms with Gasteiger partial charge in [0.15, 0.2) is 12.5 Å². The van der Waals surface area contributed by atoms with Crippen LogP contribution in [0.25, 0.3) is 11.3 Å². The average molecular weight is 404 g/mol. The van der Waals surface area contributed by atoms with Gasteiger partial charge in [0.05, 0.1) is 19.0 Å². The number of methoxy groups -OCH3 is 1. The van der Waals surface area contributed by atoms with Crippen LogP contribution in [0.2, 0.25) is 0 Å². The third kappa shape index (κ3) is 3.21. The summed E-state index contributed by atoms with van der Waals surface area (Å²) < 4.78 is 13.0. The van der Waals surface area contributed by atoms with E-state index >= 15 is 0 Å². The molecule has 30 heavy (non-hydrogen) atoms. The van der Waals surface area contributed by atoms with Crippen molar-refractivity contribution in [2.75, 3.05) is 38.2 Å². The maximum atomic E-state index is 12.2. The third-order valence-electron chi connectivity index (χ3n) is 5.88. The van der Waals surface area contributed by atoms with Crippen molar-refractivity contribution in [3.8, 4) is 22.8 Å². The van der Waals surface area contributed by atoms with Gasteiger partial charge in [0.25, 0.3) is 0 Å². The zero-order valence-corrected chi connectivity index (χ0v) is 16.9. The normalized spacial score (nSPS) is 16.9. The number of para-hydroxylation sites is 1. The molecular formula is C23H24N4O3. The molecule has 0 spiro atoms. The zero-order chi connectivity index (χ0) is 20.5. The highest BCUT2D eigenvalue weighted by Crippen LogP contribution is 2.38. The number of carbonyl (C=O) groups is 1. The average Bonchev–Trinajstić information content (AvgIpc) is 3.24. The van der Waals surface area contributed by atoms with Gasteiger partial charge in [-0.3, -0.25) is 9.69 Å². The molecular weight excluding hydrogens is 380 g/mol. The Morgan fingerprint density at radius 2 is 1.93 bits per heavy atom. The first-order chi connectivity index (χ1) is 14.8. The number of aromatic nitrogens is 2. The Morgan fingerprint density at radius 3 is 2.73 bits per heavy atom. The number of piperazine rings is 1. The van der Waals surface area contributed by atoms with Crippen LogP contribution in [0.4, 0.5) is 5.69 Å². The summed E-state index contributed by atoms with van der Waals surface area (Å²) >= 11 is 0. The molecule has 1 saturated heterocycles. The van der Waals surface area contributed by atoms with Crippen LogP contribution in [-0.2, 0) is 11.4 Å². The van der Waals surface area contributed by atoms with Crippen molar-refractivity contribution in [3.63, 3.8) is 0 Å². The molecule has 154 valence electrons. The second-order valence-corrected chi connectivity index (χ2v) is 7.52. The molecule has 1 fully saturated rings. The van der Waals surface area contributed by atoms with Gasteiger partial charge < -0.3 is 14.4 Å². The van der Waals surface area contributed by atoms with E-state index < -0.39 is 6.17 Å². The van der Waals surface area contributed by atoms with Crippen molar-refractivity contribution in [2.45, 2.75) is 12.8 Å². The molecule has 2 aliphatic heterocycles. The molecule has 1 aromatic heterocycles. The zero-order valence-electron chi connectivity index (χ0n) is 16.9. The summed E-state index contributed by atoms with van der Waals surface area (Å²) in [4.78, 5) is 16.7. The number of rotatable bonds is 5. The van der Waals surface area contributed by atoms with Crippen LogP contribution in [0.15, 0.2) is 54.7 Å². The van der Waals surface area contributed by atoms with E-state index in [1.54, 1.807) is 7.11 Å². The topological polar surface area (TPSA) is 59.8 Å². The van der Waals surface area contributed by atoms with Crippen LogP contribution in [-0.4, -0.2) is 54.3 Å². The first kappa shape index (κ1) is 18.7. The lowest BCUT2D eigenvalue weighted by molar-refractivity contribution is -0.115. The van der Waals surface area contributed by atoms with E-state index in [4.69, 9.17) is 9.47 Å². The van der Waals surface area contributed by atoms with Gasteiger partial charge in [-0.1, -0.05) is 18.2 Å². The lowest BCUT2D eigenvalue weighted by Crippen LogP contribution is -2.49. The van der Waals surface area contributed by atoms with Gasteiger partial charge in [-0.05, 0) is 24.3 Å². The number of benzene rings is 2. The minimum Gasteiger partial charge on any atom is -0.497 e. The SMILES string of the molecule is COc1cccc(N2CCN(C(C=O)n3ncc4c3-c3ccccc3OC4)CC2)c1. The summed E-state index contributed by atoms with van der Waals surface area (Å²) in [5.41, 5.74) is 4.11. The Balaban J connectivity index is 1.37. The van der Waals surface area contributed by atoms with E-state index in [9.17, 15) is 4.79 Å². The van der Waals surface area contributed by atoms with Gasteiger partial charge in [-0.15, -0.1) is 0 Å². The standard InChI is InChI=1S/C23H24N4O3/c1-29-19-6-4-5-18(13-19)25-9-11-26(12-10-25)22(15-28)27-23-17(14-24-27)16-30-21-8-3-2-7-20(21)23/h2-8,13-15,22H,9-12,16H2,1H3. The maximum absolute atomic E-state index is 12.2. The van der Waals surface area contributed by atoms with Crippen molar-refractivity contribution < 1.29 is 14.3 Å². The quantitative estimate of drug-likeness (QED) is 0.610. The summed E-state index contributed by atoms with van der Waals surface area (Å²) in [6, 6.07) is 16.0. The summed E-state index contributed by atoms with van der Waals surface area (Å²) in [6.07, 6.45) is 2.37. The van der Waals surface area contributed by atoms with Gasteiger partial charge in [0.1, 0.15) is 18.1 Å². The fourth-order valence-electron chi connectivity index (χ4n) is 4.29. The molecule has 0 bridgehead atoms. The highest BCUT2D eigenvalue weighted by Gasteiger charge is 2.30. The number of hydrogen-bond acceptors (Lipinski definition) is 6. The molecule has 0 radical (unpaired) electrons. The Bertz CT molecular complexity index is 1060. The largest absolute Gasteiger partial charge is 0.497 e. The molecule has 2 aromatic carbocycles. The number of anilines is 1. The molecule has 1 atom stereocenters. The monoisotopic (exact) mass is 404 g/mol. The molecule has 0 aliphatic carbocycles. The molecule has 0 N–H and O–H groups in total. The minimum absolute atomic E-state index is 0.438. The minimum atomic E-state index is -0.438. The van der Waals surface area contributed by atoms with Crippen molar-refractivity contribution in [3.05, 3.63) is 60.3 Å². The lowest BCUT2D eigenvalue weighted by Gasteiger charge is -2.39. The molecule has 5 rings (SSSR count). The molecule has 0 amide bonds. The van der Waals surface area contributed by atoms with E-state index in [-0.39, 0.29) is 0 Å². The van der Waals surface area contributed by atoms with E-state index in [1.807, 2.05) is 53.3 Å². The van der Waals surface area contributed by atoms with Gasteiger partial charge in [-0.25, -0.2) is 4.68 Å². The molecule has 2 aliphatic rings. The molecule has 3 heterocycles. The number of carbonyl (C=O) groups excluding carboxylic acids is 1. The van der Waals surface area contributed by atoms with Crippen LogP contribution >= 0.6 is 0 Å². The number of aldehydes is 1. The summed E-state index contributed by atoms with van der Waals surface area (Å²) in [5, 5.41) is 4.58. The van der Waals surface area contributed by atoms with Gasteiger partial charge in [0, 0.05) is 49.1 Å². The number of hydrogen-bond donors (Lipinski definition) is 0. The van der Waals surface area contributed by atoms with Gasteiger partial charge in [0.2, 0.25) is 0 Å². The van der Waals surface area contributed by atoms with E-state index in [1.165, 1.54) is 0 Å². The smallest absolute Gasteiger partial charge is 0.161 e. The van der Waals surface area contributed by atoms with Crippen LogP contribution in [0.5, 0.6) is 11.5 Å². The third-order valence-corrected chi connectivity index (χ3v) is 5.88. The van der Waals surface area contributed by atoms with Gasteiger partial charge in [-0.2, -0.15) is 5.10 Å². The van der Waals surface area contributed by atoms with Crippen LogP contribution in [0.1, 0.15) is 11.7 Å². The van der Waals surface area contributed by atoms with Gasteiger partial charge >= 0.3 is 0 Å². The number of fused-ring (bicyclic) bond motifs is 3. The highest BCUT2D eigenvalue weighted by atomic mass is 16.5. The van der Waals surface area contributed by atoms with Crippen molar-refractivity contribution in [2.24, 2.45) is 0 Å². The Morgan fingerprint density at radius 1 is 1.10 bits per heavy atom. The molecule has 7 heteroatoms. The van der Waals surface area contributed by atoms with E-state index in [0.717, 1.165) is 66.5 Å². The van der Waals surface area contributed by atoms with E-state index in [0.29, 0.717) is 6.61 Å². The maximum Gasteiger partial charge on any atom is 0.161 e. The number of nitrogens with zero attached hydrogens (tertiary/aromatic N) is 4. The summed E-state index contributed by atoms with van der Waals surface area (Å²) in [7, 11) is 1.68. The highest BCUT2D eigenvalue weighted by molar-refractivity contribution is 5.73. The first-order valence-electron chi connectivity index (χ1n) is 10.2. The van der Waals surface area contributed by atoms with Crippen molar-refractivity contribution in [1.82, 2.24) is 14.7 Å². The molecule has 3 aromatic rings. The van der Waals surface area contributed by atoms with Crippen molar-refractivity contribution >= 4 is 12.0 Å². The second kappa shape index (κ2) is 7.84. The predicted octanol–water partition coefficient (Wildman–Crippen LogP) is 2.97. The molecule has 1 unspecified atom stereocenters. The predicted molar refractivity (Wildman–Crippen MR) is 114 cm³/mol. The van der Waals surface area contributed by atoms with Crippen LogP contribution in [0, 0.1) is 0 Å². The second-order valence-electron chi connectivity index (χ2n) is 7.52. The first-order valence-corrected chi connectivity index (χ1v) is 10.2. The Hall–Kier alpha value is -3.32. The van der Waals surface area contributed by atoms with E-state index in [2.05, 4.69) is 21.0 Å². The number of ether oxygens (including phenoxy) is 2. The molecule has 7 nitrogen and oxygen atoms in total. The lowest BCUT2D eigenvalue weighted by atomic mass is 10.0. The Kier molecular flexibility index (Phi) is 4.88. The summed E-state index contributed by atoms with van der Waals surface area (Å²) in [6.45, 7) is 3.68. The fourth-order valence-corrected chi connectivity index (χ4v) is 4.29. The van der Waals surface area contributed by atoms with Crippen molar-refractivity contribution in [1.29, 1.82) is 0 Å². The fraction of sp³-hybridized carbons (Fsp3) is 0.304.